The van der Waals surface area contributed by atoms with Gasteiger partial charge in [-0.05, 0) is 59.7 Å². The predicted molar refractivity (Wildman–Crippen MR) is 77.9 cm³/mol. The molecule has 0 radical (unpaired) electrons. The number of hydrogen-bond acceptors (Lipinski definition) is 4. The second-order valence-electron chi connectivity index (χ2n) is 6.61. The zero-order valence-electron chi connectivity index (χ0n) is 12.7. The summed E-state index contributed by atoms with van der Waals surface area (Å²) < 4.78 is 0. The topological polar surface area (TPSA) is 42.3 Å². The lowest BCUT2D eigenvalue weighted by Crippen LogP contribution is -2.48. The highest BCUT2D eigenvalue weighted by molar-refractivity contribution is 5.08. The maximum Gasteiger partial charge on any atom is 0.105 e. The van der Waals surface area contributed by atoms with Crippen LogP contribution in [0.15, 0.2) is 0 Å². The van der Waals surface area contributed by atoms with Crippen molar-refractivity contribution in [1.29, 1.82) is 5.26 Å². The van der Waals surface area contributed by atoms with Crippen LogP contribution in [0.1, 0.15) is 39.5 Å². The van der Waals surface area contributed by atoms with Crippen molar-refractivity contribution in [2.24, 2.45) is 0 Å². The second-order valence-corrected chi connectivity index (χ2v) is 6.61. The molecule has 0 amide bonds. The summed E-state index contributed by atoms with van der Waals surface area (Å²) in [5, 5.41) is 13.0. The van der Waals surface area contributed by atoms with Gasteiger partial charge >= 0.3 is 0 Å². The number of nitrogens with zero attached hydrogens (tertiary/aromatic N) is 3. The van der Waals surface area contributed by atoms with Crippen molar-refractivity contribution in [3.8, 4) is 6.07 Å². The van der Waals surface area contributed by atoms with Crippen molar-refractivity contribution in [3.05, 3.63) is 0 Å². The average Bonchev–Trinajstić information content (AvgIpc) is 3.17. The lowest BCUT2D eigenvalue weighted by Gasteiger charge is -2.33. The standard InChI is InChI=1S/C15H28N4/c1-13(19-8-4-7-18(3)9-10-19)11-15(2,12-16)17-14-5-6-14/h13-14,17H,4-11H2,1-3H3. The number of nitriles is 1. The highest BCUT2D eigenvalue weighted by atomic mass is 15.2. The third-order valence-electron chi connectivity index (χ3n) is 4.43. The van der Waals surface area contributed by atoms with Gasteiger partial charge in [0.2, 0.25) is 0 Å². The maximum atomic E-state index is 9.47. The first-order valence-electron chi connectivity index (χ1n) is 7.64. The van der Waals surface area contributed by atoms with Gasteiger partial charge in [0, 0.05) is 25.2 Å². The normalized spacial score (nSPS) is 27.3. The van der Waals surface area contributed by atoms with E-state index in [1.165, 1.54) is 25.8 Å². The van der Waals surface area contributed by atoms with E-state index in [1.807, 2.05) is 0 Å². The number of hydrogen-bond donors (Lipinski definition) is 1. The van der Waals surface area contributed by atoms with E-state index in [9.17, 15) is 5.26 Å². The largest absolute Gasteiger partial charge is 0.305 e. The molecule has 19 heavy (non-hydrogen) atoms. The summed E-state index contributed by atoms with van der Waals surface area (Å²) in [5.74, 6) is 0. The van der Waals surface area contributed by atoms with Crippen LogP contribution in [0.4, 0.5) is 0 Å². The number of nitrogens with one attached hydrogen (secondary N) is 1. The van der Waals surface area contributed by atoms with E-state index in [1.54, 1.807) is 0 Å². The van der Waals surface area contributed by atoms with Crippen molar-refractivity contribution < 1.29 is 0 Å². The minimum absolute atomic E-state index is 0.362. The monoisotopic (exact) mass is 264 g/mol. The Bertz CT molecular complexity index is 334. The Balaban J connectivity index is 1.87. The summed E-state index contributed by atoms with van der Waals surface area (Å²) in [6, 6.07) is 3.56. The molecular formula is C15H28N4. The van der Waals surface area contributed by atoms with Gasteiger partial charge < -0.3 is 4.90 Å². The molecule has 1 heterocycles. The van der Waals surface area contributed by atoms with Crippen molar-refractivity contribution in [1.82, 2.24) is 15.1 Å². The van der Waals surface area contributed by atoms with E-state index in [-0.39, 0.29) is 5.54 Å². The van der Waals surface area contributed by atoms with E-state index in [0.29, 0.717) is 12.1 Å². The van der Waals surface area contributed by atoms with E-state index >= 15 is 0 Å². The molecule has 2 unspecified atom stereocenters. The van der Waals surface area contributed by atoms with Crippen molar-refractivity contribution in [3.63, 3.8) is 0 Å². The Labute approximate surface area is 117 Å². The fourth-order valence-corrected chi connectivity index (χ4v) is 3.04. The molecule has 2 aliphatic rings. The molecule has 0 spiro atoms. The lowest BCUT2D eigenvalue weighted by atomic mass is 9.94. The molecule has 4 nitrogen and oxygen atoms in total. The molecule has 1 saturated carbocycles. The Kier molecular flexibility index (Phi) is 4.83. The summed E-state index contributed by atoms with van der Waals surface area (Å²) in [6.07, 6.45) is 4.63. The van der Waals surface area contributed by atoms with Crippen molar-refractivity contribution in [2.75, 3.05) is 33.2 Å². The Morgan fingerprint density at radius 2 is 2.05 bits per heavy atom. The first-order chi connectivity index (χ1) is 9.02. The first kappa shape index (κ1) is 14.8. The number of likely N-dealkylation sites (N-methyl/N-ethyl adjacent to an activating group) is 1. The first-order valence-corrected chi connectivity index (χ1v) is 7.64. The molecule has 1 N–H and O–H groups in total. The smallest absolute Gasteiger partial charge is 0.105 e. The molecule has 0 bridgehead atoms. The predicted octanol–water partition coefficient (Wildman–Crippen LogP) is 1.44. The highest BCUT2D eigenvalue weighted by Crippen LogP contribution is 2.25. The highest BCUT2D eigenvalue weighted by Gasteiger charge is 2.34. The quantitative estimate of drug-likeness (QED) is 0.816. The fraction of sp³-hybridized carbons (Fsp3) is 0.933. The molecule has 1 aliphatic carbocycles. The maximum absolute atomic E-state index is 9.47. The van der Waals surface area contributed by atoms with Gasteiger partial charge in [-0.15, -0.1) is 0 Å². The van der Waals surface area contributed by atoms with Crippen LogP contribution < -0.4 is 5.32 Å². The summed E-state index contributed by atoms with van der Waals surface area (Å²) in [7, 11) is 2.20. The summed E-state index contributed by atoms with van der Waals surface area (Å²) in [5.41, 5.74) is -0.362. The van der Waals surface area contributed by atoms with Crippen molar-refractivity contribution in [2.45, 2.75) is 57.2 Å². The van der Waals surface area contributed by atoms with Crippen LogP contribution in [0.2, 0.25) is 0 Å². The third kappa shape index (κ3) is 4.45. The van der Waals surface area contributed by atoms with Crippen LogP contribution >= 0.6 is 0 Å². The van der Waals surface area contributed by atoms with Crippen molar-refractivity contribution >= 4 is 0 Å². The molecule has 0 aromatic rings. The summed E-state index contributed by atoms with van der Waals surface area (Å²) in [4.78, 5) is 4.95. The van der Waals surface area contributed by atoms with Crippen LogP contribution in [0, 0.1) is 11.3 Å². The van der Waals surface area contributed by atoms with Crippen LogP contribution in [0.25, 0.3) is 0 Å². The van der Waals surface area contributed by atoms with Gasteiger partial charge in [0.05, 0.1) is 6.07 Å². The molecule has 1 aliphatic heterocycles. The van der Waals surface area contributed by atoms with E-state index < -0.39 is 0 Å². The van der Waals surface area contributed by atoms with Gasteiger partial charge in [0.25, 0.3) is 0 Å². The molecule has 108 valence electrons. The Morgan fingerprint density at radius 3 is 2.68 bits per heavy atom. The molecule has 0 aromatic heterocycles. The zero-order chi connectivity index (χ0) is 13.9. The molecule has 2 rings (SSSR count). The average molecular weight is 264 g/mol. The van der Waals surface area contributed by atoms with Crippen LogP contribution in [0.3, 0.4) is 0 Å². The van der Waals surface area contributed by atoms with E-state index in [2.05, 4.69) is 42.1 Å². The van der Waals surface area contributed by atoms with Gasteiger partial charge in [0.1, 0.15) is 5.54 Å². The van der Waals surface area contributed by atoms with Gasteiger partial charge in [-0.3, -0.25) is 10.2 Å². The molecule has 2 fully saturated rings. The van der Waals surface area contributed by atoms with Gasteiger partial charge in [-0.25, -0.2) is 0 Å². The zero-order valence-corrected chi connectivity index (χ0v) is 12.7. The van der Waals surface area contributed by atoms with Crippen LogP contribution in [-0.2, 0) is 0 Å². The van der Waals surface area contributed by atoms with Gasteiger partial charge in [-0.1, -0.05) is 0 Å². The molecule has 2 atom stereocenters. The van der Waals surface area contributed by atoms with E-state index in [4.69, 9.17) is 0 Å². The molecule has 0 aromatic carbocycles. The lowest BCUT2D eigenvalue weighted by molar-refractivity contribution is 0.181. The number of rotatable bonds is 5. The molecule has 1 saturated heterocycles. The van der Waals surface area contributed by atoms with Crippen LogP contribution in [0.5, 0.6) is 0 Å². The Morgan fingerprint density at radius 1 is 1.32 bits per heavy atom. The summed E-state index contributed by atoms with van der Waals surface area (Å²) in [6.45, 7) is 8.96. The summed E-state index contributed by atoms with van der Waals surface area (Å²) >= 11 is 0. The molecule has 4 heteroatoms. The molecular weight excluding hydrogens is 236 g/mol. The fourth-order valence-electron chi connectivity index (χ4n) is 3.04. The Hall–Kier alpha value is -0.630. The van der Waals surface area contributed by atoms with Gasteiger partial charge in [0.15, 0.2) is 0 Å². The van der Waals surface area contributed by atoms with Gasteiger partial charge in [-0.2, -0.15) is 5.26 Å². The minimum atomic E-state index is -0.362. The minimum Gasteiger partial charge on any atom is -0.305 e. The SMILES string of the molecule is CC(CC(C)(C#N)NC1CC1)N1CCCN(C)CC1. The third-order valence-corrected chi connectivity index (χ3v) is 4.43. The second kappa shape index (κ2) is 6.21. The van der Waals surface area contributed by atoms with E-state index in [0.717, 1.165) is 26.1 Å². The van der Waals surface area contributed by atoms with Crippen LogP contribution in [-0.4, -0.2) is 60.6 Å².